The lowest BCUT2D eigenvalue weighted by Crippen LogP contribution is -2.13. The zero-order valence-corrected chi connectivity index (χ0v) is 14.4. The summed E-state index contributed by atoms with van der Waals surface area (Å²) in [5, 5.41) is 13.5. The molecule has 138 valence electrons. The molecule has 0 atom stereocenters. The minimum atomic E-state index is -0.515. The van der Waals surface area contributed by atoms with Gasteiger partial charge in [0.25, 0.3) is 5.69 Å². The average molecular weight is 369 g/mol. The molecule has 0 aliphatic heterocycles. The van der Waals surface area contributed by atoms with Crippen LogP contribution < -0.4 is 5.32 Å². The number of hydrogen-bond donors (Lipinski definition) is 1. The number of hydrogen-bond acceptors (Lipinski definition) is 5. The fraction of sp³-hybridized carbons (Fsp3) is 0.158. The Balaban J connectivity index is 1.61. The van der Waals surface area contributed by atoms with E-state index < -0.39 is 4.92 Å². The van der Waals surface area contributed by atoms with Crippen LogP contribution in [0.25, 0.3) is 11.3 Å². The Morgan fingerprint density at radius 2 is 2.00 bits per heavy atom. The molecule has 1 amide bonds. The monoisotopic (exact) mass is 369 g/mol. The van der Waals surface area contributed by atoms with E-state index in [9.17, 15) is 19.3 Å². The first-order valence-corrected chi connectivity index (χ1v) is 8.18. The second-order valence-corrected chi connectivity index (χ2v) is 5.93. The molecule has 0 saturated heterocycles. The maximum Gasteiger partial charge on any atom is 0.271 e. The maximum absolute atomic E-state index is 13.0. The van der Waals surface area contributed by atoms with Crippen LogP contribution in [0.15, 0.2) is 53.1 Å². The molecule has 0 saturated carbocycles. The van der Waals surface area contributed by atoms with Crippen molar-refractivity contribution in [3.63, 3.8) is 0 Å². The third-order valence-corrected chi connectivity index (χ3v) is 3.95. The number of nitrogens with zero attached hydrogens (tertiary/aromatic N) is 2. The number of nitrogens with one attached hydrogen (secondary N) is 1. The zero-order valence-electron chi connectivity index (χ0n) is 14.4. The van der Waals surface area contributed by atoms with Gasteiger partial charge in [-0.3, -0.25) is 14.9 Å². The lowest BCUT2D eigenvalue weighted by molar-refractivity contribution is -0.384. The van der Waals surface area contributed by atoms with Crippen molar-refractivity contribution in [1.82, 2.24) is 4.98 Å². The number of oxazole rings is 1. The van der Waals surface area contributed by atoms with E-state index in [-0.39, 0.29) is 30.3 Å². The largest absolute Gasteiger partial charge is 0.441 e. The Hall–Kier alpha value is -3.55. The van der Waals surface area contributed by atoms with E-state index in [4.69, 9.17) is 4.42 Å². The minimum Gasteiger partial charge on any atom is -0.441 e. The van der Waals surface area contributed by atoms with E-state index in [0.717, 1.165) is 5.56 Å². The number of halogens is 1. The van der Waals surface area contributed by atoms with Crippen LogP contribution in [0.1, 0.15) is 17.9 Å². The van der Waals surface area contributed by atoms with E-state index >= 15 is 0 Å². The number of benzene rings is 2. The second-order valence-electron chi connectivity index (χ2n) is 5.93. The van der Waals surface area contributed by atoms with Crippen molar-refractivity contribution in [2.24, 2.45) is 0 Å². The van der Waals surface area contributed by atoms with Crippen molar-refractivity contribution in [3.05, 3.63) is 76.0 Å². The number of aryl methyl sites for hydroxylation is 2. The molecule has 0 aliphatic carbocycles. The van der Waals surface area contributed by atoms with Crippen molar-refractivity contribution in [2.75, 3.05) is 5.32 Å². The zero-order chi connectivity index (χ0) is 19.4. The second kappa shape index (κ2) is 7.77. The summed E-state index contributed by atoms with van der Waals surface area (Å²) in [6.45, 7) is 1.75. The Morgan fingerprint density at radius 3 is 2.70 bits per heavy atom. The lowest BCUT2D eigenvalue weighted by atomic mass is 10.1. The van der Waals surface area contributed by atoms with Gasteiger partial charge in [0.1, 0.15) is 5.82 Å². The summed E-state index contributed by atoms with van der Waals surface area (Å²) in [6.07, 6.45) is 1.89. The van der Waals surface area contributed by atoms with Crippen LogP contribution in [0.5, 0.6) is 0 Å². The topological polar surface area (TPSA) is 98.3 Å². The summed E-state index contributed by atoms with van der Waals surface area (Å²) < 4.78 is 18.5. The Labute approximate surface area is 154 Å². The molecule has 0 aliphatic rings. The van der Waals surface area contributed by atoms with Crippen molar-refractivity contribution >= 4 is 17.3 Å². The highest BCUT2D eigenvalue weighted by Crippen LogP contribution is 2.23. The molecule has 1 heterocycles. The van der Waals surface area contributed by atoms with Crippen LogP contribution >= 0.6 is 0 Å². The van der Waals surface area contributed by atoms with Gasteiger partial charge in [-0.1, -0.05) is 6.07 Å². The van der Waals surface area contributed by atoms with Gasteiger partial charge in [0, 0.05) is 30.5 Å². The molecular formula is C19H16FN3O4. The lowest BCUT2D eigenvalue weighted by Gasteiger charge is -2.07. The number of nitro groups is 1. The number of anilines is 1. The van der Waals surface area contributed by atoms with Crippen LogP contribution in [-0.4, -0.2) is 15.8 Å². The van der Waals surface area contributed by atoms with Gasteiger partial charge in [-0.2, -0.15) is 0 Å². The molecule has 0 bridgehead atoms. The van der Waals surface area contributed by atoms with Crippen LogP contribution in [0.2, 0.25) is 0 Å². The van der Waals surface area contributed by atoms with E-state index in [1.54, 1.807) is 25.1 Å². The van der Waals surface area contributed by atoms with E-state index in [1.165, 1.54) is 30.5 Å². The first-order valence-electron chi connectivity index (χ1n) is 8.18. The fourth-order valence-electron chi connectivity index (χ4n) is 2.46. The van der Waals surface area contributed by atoms with Crippen molar-refractivity contribution in [3.8, 4) is 11.3 Å². The predicted octanol–water partition coefficient (Wildman–Crippen LogP) is 4.27. The minimum absolute atomic E-state index is 0.0902. The molecule has 0 unspecified atom stereocenters. The Morgan fingerprint density at radius 1 is 1.26 bits per heavy atom. The standard InChI is InChI=1S/C19H16FN3O4/c1-12-2-7-15(23(25)26)10-16(12)22-18(24)8-9-19-21-11-17(27-19)13-3-5-14(20)6-4-13/h2-7,10-11H,8-9H2,1H3,(H,22,24). The third kappa shape index (κ3) is 4.55. The van der Waals surface area contributed by atoms with Gasteiger partial charge in [0.15, 0.2) is 11.7 Å². The summed E-state index contributed by atoms with van der Waals surface area (Å²) in [6, 6.07) is 10.1. The quantitative estimate of drug-likeness (QED) is 0.517. The normalized spacial score (nSPS) is 10.6. The third-order valence-electron chi connectivity index (χ3n) is 3.95. The van der Waals surface area contributed by atoms with Gasteiger partial charge < -0.3 is 9.73 Å². The van der Waals surface area contributed by atoms with Crippen LogP contribution in [0.3, 0.4) is 0 Å². The molecule has 7 nitrogen and oxygen atoms in total. The van der Waals surface area contributed by atoms with Crippen LogP contribution in [0, 0.1) is 22.9 Å². The van der Waals surface area contributed by atoms with E-state index in [1.807, 2.05) is 0 Å². The molecule has 3 aromatic rings. The van der Waals surface area contributed by atoms with Gasteiger partial charge in [0.05, 0.1) is 16.8 Å². The van der Waals surface area contributed by atoms with Crippen molar-refractivity contribution in [1.29, 1.82) is 0 Å². The van der Waals surface area contributed by atoms with Crippen LogP contribution in [0.4, 0.5) is 15.8 Å². The summed E-state index contributed by atoms with van der Waals surface area (Å²) >= 11 is 0. The number of rotatable bonds is 6. The molecule has 2 aromatic carbocycles. The van der Waals surface area contributed by atoms with E-state index in [2.05, 4.69) is 10.3 Å². The van der Waals surface area contributed by atoms with Gasteiger partial charge >= 0.3 is 0 Å². The number of aromatic nitrogens is 1. The molecular weight excluding hydrogens is 353 g/mol. The van der Waals surface area contributed by atoms with E-state index in [0.29, 0.717) is 22.9 Å². The summed E-state index contributed by atoms with van der Waals surface area (Å²) in [5.74, 6) is 0.215. The molecule has 1 aromatic heterocycles. The highest BCUT2D eigenvalue weighted by molar-refractivity contribution is 5.91. The van der Waals surface area contributed by atoms with Crippen molar-refractivity contribution < 1.29 is 18.5 Å². The maximum atomic E-state index is 13.0. The number of non-ortho nitro benzene ring substituents is 1. The number of carbonyl (C=O) groups is 1. The first kappa shape index (κ1) is 18.2. The number of amides is 1. The smallest absolute Gasteiger partial charge is 0.271 e. The molecule has 3 rings (SSSR count). The molecule has 0 spiro atoms. The van der Waals surface area contributed by atoms with Gasteiger partial charge in [0.2, 0.25) is 5.91 Å². The Bertz CT molecular complexity index is 983. The van der Waals surface area contributed by atoms with Gasteiger partial charge in [-0.25, -0.2) is 9.37 Å². The fourth-order valence-corrected chi connectivity index (χ4v) is 2.46. The average Bonchev–Trinajstić information content (AvgIpc) is 3.11. The Kier molecular flexibility index (Phi) is 5.25. The molecule has 8 heteroatoms. The predicted molar refractivity (Wildman–Crippen MR) is 96.7 cm³/mol. The van der Waals surface area contributed by atoms with Gasteiger partial charge in [-0.05, 0) is 36.8 Å². The summed E-state index contributed by atoms with van der Waals surface area (Å²) in [7, 11) is 0. The molecule has 0 fully saturated rings. The SMILES string of the molecule is Cc1ccc([N+](=O)[O-])cc1NC(=O)CCc1ncc(-c2ccc(F)cc2)o1. The summed E-state index contributed by atoms with van der Waals surface area (Å²) in [4.78, 5) is 26.6. The molecule has 27 heavy (non-hydrogen) atoms. The molecule has 0 radical (unpaired) electrons. The highest BCUT2D eigenvalue weighted by atomic mass is 19.1. The van der Waals surface area contributed by atoms with Gasteiger partial charge in [-0.15, -0.1) is 0 Å². The van der Waals surface area contributed by atoms with Crippen molar-refractivity contribution in [2.45, 2.75) is 19.8 Å². The highest BCUT2D eigenvalue weighted by Gasteiger charge is 2.13. The number of nitro benzene ring substituents is 1. The number of carbonyl (C=O) groups excluding carboxylic acids is 1. The molecule has 1 N–H and O–H groups in total. The van der Waals surface area contributed by atoms with Crippen LogP contribution in [-0.2, 0) is 11.2 Å². The first-order chi connectivity index (χ1) is 12.9. The summed E-state index contributed by atoms with van der Waals surface area (Å²) in [5.41, 5.74) is 1.72.